The van der Waals surface area contributed by atoms with E-state index in [2.05, 4.69) is 0 Å². The van der Waals surface area contributed by atoms with Crippen LogP contribution in [-0.2, 0) is 29.6 Å². The number of rotatable bonds is 2. The van der Waals surface area contributed by atoms with Gasteiger partial charge in [-0.15, -0.1) is 23.5 Å². The summed E-state index contributed by atoms with van der Waals surface area (Å²) in [6.45, 7) is 1.43. The van der Waals surface area contributed by atoms with Crippen molar-refractivity contribution in [3.63, 3.8) is 0 Å². The van der Waals surface area contributed by atoms with Crippen molar-refractivity contribution < 1.29 is 28.6 Å². The monoisotopic (exact) mass is 366 g/mol. The van der Waals surface area contributed by atoms with E-state index in [0.29, 0.717) is 4.24 Å². The summed E-state index contributed by atoms with van der Waals surface area (Å²) >= 11 is 2.86. The van der Waals surface area contributed by atoms with Crippen molar-refractivity contribution in [1.82, 2.24) is 0 Å². The molecule has 0 unspecified atom stereocenters. The predicted molar refractivity (Wildman–Crippen MR) is 89.3 cm³/mol. The molecular weight excluding hydrogens is 352 g/mol. The minimum Gasteiger partial charge on any atom is -0.465 e. The summed E-state index contributed by atoms with van der Waals surface area (Å²) in [5.74, 6) is -2.13. The lowest BCUT2D eigenvalue weighted by atomic mass is 9.99. The van der Waals surface area contributed by atoms with Crippen molar-refractivity contribution in [3.05, 3.63) is 45.2 Å². The lowest BCUT2D eigenvalue weighted by Gasteiger charge is -2.34. The van der Waals surface area contributed by atoms with Crippen molar-refractivity contribution in [2.75, 3.05) is 18.6 Å². The zero-order valence-corrected chi connectivity index (χ0v) is 14.6. The van der Waals surface area contributed by atoms with Gasteiger partial charge in [0.05, 0.1) is 22.5 Å². The minimum atomic E-state index is -1.68. The summed E-state index contributed by atoms with van der Waals surface area (Å²) in [5, 5.41) is 0. The first kappa shape index (κ1) is 16.9. The van der Waals surface area contributed by atoms with Gasteiger partial charge in [-0.05, 0) is 6.07 Å². The third kappa shape index (κ3) is 2.91. The van der Waals surface area contributed by atoms with Crippen LogP contribution in [0.1, 0.15) is 22.8 Å². The molecule has 0 radical (unpaired) electrons. The van der Waals surface area contributed by atoms with Crippen molar-refractivity contribution in [2.45, 2.75) is 12.7 Å². The number of hydrogen-bond acceptors (Lipinski definition) is 8. The molecule has 2 aliphatic heterocycles. The fraction of sp³-hybridized carbons (Fsp3) is 0.312. The lowest BCUT2D eigenvalue weighted by Crippen LogP contribution is -2.43. The number of carbonyl (C=O) groups is 3. The third-order valence-electron chi connectivity index (χ3n) is 3.56. The molecule has 6 nitrogen and oxygen atoms in total. The second-order valence-corrected chi connectivity index (χ2v) is 7.59. The number of benzene rings is 1. The zero-order valence-electron chi connectivity index (χ0n) is 13.0. The molecule has 0 aliphatic carbocycles. The smallest absolute Gasteiger partial charge is 0.350 e. The molecule has 0 amide bonds. The van der Waals surface area contributed by atoms with Crippen molar-refractivity contribution in [2.24, 2.45) is 0 Å². The van der Waals surface area contributed by atoms with E-state index in [0.717, 1.165) is 11.5 Å². The molecule has 126 valence electrons. The lowest BCUT2D eigenvalue weighted by molar-refractivity contribution is -0.234. The molecule has 0 bridgehead atoms. The van der Waals surface area contributed by atoms with E-state index in [1.165, 1.54) is 43.6 Å². The summed E-state index contributed by atoms with van der Waals surface area (Å²) in [6, 6.07) is 6.38. The third-order valence-corrected chi connectivity index (χ3v) is 6.27. The van der Waals surface area contributed by atoms with Crippen molar-refractivity contribution >= 4 is 41.4 Å². The van der Waals surface area contributed by atoms with Crippen molar-refractivity contribution in [3.8, 4) is 0 Å². The number of ether oxygens (including phenoxy) is 3. The summed E-state index contributed by atoms with van der Waals surface area (Å²) in [4.78, 5) is 36.8. The van der Waals surface area contributed by atoms with Crippen LogP contribution >= 0.6 is 23.5 Å². The highest BCUT2D eigenvalue weighted by Gasteiger charge is 2.47. The van der Waals surface area contributed by atoms with Crippen LogP contribution in [0.15, 0.2) is 34.1 Å². The quantitative estimate of drug-likeness (QED) is 0.449. The van der Waals surface area contributed by atoms with Crippen LogP contribution < -0.4 is 0 Å². The molecule has 3 rings (SSSR count). The van der Waals surface area contributed by atoms with E-state index in [9.17, 15) is 14.4 Å². The first-order chi connectivity index (χ1) is 11.5. The molecule has 2 saturated heterocycles. The molecule has 1 aromatic carbocycles. The van der Waals surface area contributed by atoms with Crippen LogP contribution in [0.25, 0.3) is 0 Å². The maximum atomic E-state index is 12.4. The van der Waals surface area contributed by atoms with Gasteiger partial charge in [-0.3, -0.25) is 0 Å². The number of hydrogen-bond donors (Lipinski definition) is 0. The minimum absolute atomic E-state index is 0.0736. The Morgan fingerprint density at radius 1 is 1.12 bits per heavy atom. The first-order valence-electron chi connectivity index (χ1n) is 7.10. The molecule has 2 fully saturated rings. The molecular formula is C16H14O6S2. The molecule has 0 N–H and O–H groups in total. The predicted octanol–water partition coefficient (Wildman–Crippen LogP) is 2.44. The number of methoxy groups -OCH3 is 1. The van der Waals surface area contributed by atoms with E-state index in [1.807, 2.05) is 0 Å². The largest absolute Gasteiger partial charge is 0.465 e. The van der Waals surface area contributed by atoms with Crippen LogP contribution in [-0.4, -0.2) is 36.5 Å². The second kappa shape index (κ2) is 6.52. The topological polar surface area (TPSA) is 78.9 Å². The maximum absolute atomic E-state index is 12.4. The molecule has 0 aromatic heterocycles. The fourth-order valence-electron chi connectivity index (χ4n) is 2.46. The normalized spacial score (nSPS) is 23.8. The molecule has 8 heteroatoms. The maximum Gasteiger partial charge on any atom is 0.350 e. The van der Waals surface area contributed by atoms with Gasteiger partial charge >= 0.3 is 17.9 Å². The highest BCUT2D eigenvalue weighted by atomic mass is 32.2. The number of carbonyl (C=O) groups excluding carboxylic acids is 3. The second-order valence-electron chi connectivity index (χ2n) is 5.12. The van der Waals surface area contributed by atoms with Gasteiger partial charge in [0.1, 0.15) is 0 Å². The Balaban J connectivity index is 2.00. The molecule has 0 atom stereocenters. The van der Waals surface area contributed by atoms with Crippen LogP contribution in [0, 0.1) is 0 Å². The molecule has 2 aliphatic rings. The molecule has 2 heterocycles. The Bertz CT molecular complexity index is 727. The zero-order chi connectivity index (χ0) is 17.3. The van der Waals surface area contributed by atoms with Crippen LogP contribution in [0.3, 0.4) is 0 Å². The molecule has 24 heavy (non-hydrogen) atoms. The van der Waals surface area contributed by atoms with E-state index < -0.39 is 23.7 Å². The standard InChI is InChI=1S/C16H14O6S2/c1-16(10-6-4-3-5-9(10)12(17)20-2)21-13(18)11(14(19)22-16)15-23-7-8-24-15/h3-6H,7-8H2,1-2H3. The average Bonchev–Trinajstić information content (AvgIpc) is 3.07. The Hall–Kier alpha value is -1.93. The van der Waals surface area contributed by atoms with Crippen LogP contribution in [0.2, 0.25) is 0 Å². The summed E-state index contributed by atoms with van der Waals surface area (Å²) in [7, 11) is 1.25. The average molecular weight is 366 g/mol. The number of esters is 3. The summed E-state index contributed by atoms with van der Waals surface area (Å²) in [5.41, 5.74) is 0.355. The highest BCUT2D eigenvalue weighted by molar-refractivity contribution is 8.25. The fourth-order valence-corrected chi connectivity index (χ4v) is 4.95. The van der Waals surface area contributed by atoms with Gasteiger partial charge in [0.15, 0.2) is 5.57 Å². The Kier molecular flexibility index (Phi) is 4.60. The van der Waals surface area contributed by atoms with Crippen molar-refractivity contribution in [1.29, 1.82) is 0 Å². The SMILES string of the molecule is COC(=O)c1ccccc1C1(C)OC(=O)C(=C2SCCS2)C(=O)O1. The van der Waals surface area contributed by atoms with E-state index in [1.54, 1.807) is 18.2 Å². The van der Waals surface area contributed by atoms with Gasteiger partial charge in [0.25, 0.3) is 5.79 Å². The first-order valence-corrected chi connectivity index (χ1v) is 9.08. The van der Waals surface area contributed by atoms with E-state index in [-0.39, 0.29) is 16.7 Å². The Morgan fingerprint density at radius 3 is 2.29 bits per heavy atom. The summed E-state index contributed by atoms with van der Waals surface area (Å²) in [6.07, 6.45) is 0. The molecule has 0 spiro atoms. The van der Waals surface area contributed by atoms with Gasteiger partial charge in [0.2, 0.25) is 0 Å². The van der Waals surface area contributed by atoms with Gasteiger partial charge in [-0.25, -0.2) is 14.4 Å². The van der Waals surface area contributed by atoms with Gasteiger partial charge in [-0.2, -0.15) is 0 Å². The van der Waals surface area contributed by atoms with E-state index >= 15 is 0 Å². The Labute approximate surface area is 146 Å². The van der Waals surface area contributed by atoms with Gasteiger partial charge < -0.3 is 14.2 Å². The number of thioether (sulfide) groups is 2. The van der Waals surface area contributed by atoms with Gasteiger partial charge in [0, 0.05) is 18.4 Å². The number of cyclic esters (lactones) is 2. The molecule has 0 saturated carbocycles. The van der Waals surface area contributed by atoms with Gasteiger partial charge in [-0.1, -0.05) is 18.2 Å². The highest BCUT2D eigenvalue weighted by Crippen LogP contribution is 2.43. The summed E-state index contributed by atoms with van der Waals surface area (Å²) < 4.78 is 16.2. The Morgan fingerprint density at radius 2 is 1.71 bits per heavy atom. The molecule has 1 aromatic rings. The van der Waals surface area contributed by atoms with Crippen LogP contribution in [0.4, 0.5) is 0 Å². The van der Waals surface area contributed by atoms with Crippen LogP contribution in [0.5, 0.6) is 0 Å². The van der Waals surface area contributed by atoms with E-state index in [4.69, 9.17) is 14.2 Å².